The van der Waals surface area contributed by atoms with E-state index in [1.807, 2.05) is 57.2 Å². The Hall–Kier alpha value is -0.930. The zero-order valence-corrected chi connectivity index (χ0v) is 16.2. The van der Waals surface area contributed by atoms with Crippen LogP contribution in [-0.4, -0.2) is 5.78 Å². The number of halogens is 2. The van der Waals surface area contributed by atoms with Gasteiger partial charge in [-0.2, -0.15) is 0 Å². The number of ketones is 1. The van der Waals surface area contributed by atoms with E-state index < -0.39 is 0 Å². The van der Waals surface area contributed by atoms with E-state index in [-0.39, 0.29) is 17.1 Å². The van der Waals surface area contributed by atoms with Crippen LogP contribution in [0.3, 0.4) is 0 Å². The van der Waals surface area contributed by atoms with Crippen LogP contribution in [0.15, 0.2) is 57.5 Å². The van der Waals surface area contributed by atoms with Gasteiger partial charge in [-0.15, -0.1) is 0 Å². The first-order valence-electron chi connectivity index (χ1n) is 7.31. The largest absolute Gasteiger partial charge is 0.298 e. The van der Waals surface area contributed by atoms with Crippen molar-refractivity contribution in [3.63, 3.8) is 0 Å². The van der Waals surface area contributed by atoms with Crippen LogP contribution in [0.5, 0.6) is 0 Å². The Labute approximate surface area is 149 Å². The molecule has 116 valence electrons. The lowest BCUT2D eigenvalue weighted by Gasteiger charge is -2.25. The van der Waals surface area contributed by atoms with E-state index in [1.165, 1.54) is 5.56 Å². The third-order valence-electron chi connectivity index (χ3n) is 3.68. The van der Waals surface area contributed by atoms with Gasteiger partial charge in [0.2, 0.25) is 0 Å². The molecule has 0 heterocycles. The third kappa shape index (κ3) is 4.53. The Morgan fingerprint density at radius 2 is 1.36 bits per heavy atom. The van der Waals surface area contributed by atoms with Gasteiger partial charge in [0.25, 0.3) is 0 Å². The molecule has 0 aliphatic rings. The molecule has 22 heavy (non-hydrogen) atoms. The predicted molar refractivity (Wildman–Crippen MR) is 99.2 cm³/mol. The SMILES string of the molecule is CC(C)(C)C(=O)C(Cc1ccc(Br)cc1)c1ccc(Br)cc1. The zero-order valence-electron chi connectivity index (χ0n) is 13.1. The van der Waals surface area contributed by atoms with Gasteiger partial charge in [0.15, 0.2) is 0 Å². The molecule has 0 fully saturated rings. The van der Waals surface area contributed by atoms with Crippen LogP contribution in [0.1, 0.15) is 37.8 Å². The lowest BCUT2D eigenvalue weighted by molar-refractivity contribution is -0.127. The Bertz CT molecular complexity index is 637. The van der Waals surface area contributed by atoms with E-state index in [1.54, 1.807) is 0 Å². The molecule has 0 N–H and O–H groups in total. The predicted octanol–water partition coefficient (Wildman–Crippen LogP) is 6.15. The monoisotopic (exact) mass is 422 g/mol. The van der Waals surface area contributed by atoms with Crippen LogP contribution >= 0.6 is 31.9 Å². The van der Waals surface area contributed by atoms with Gasteiger partial charge in [0.1, 0.15) is 5.78 Å². The molecule has 2 rings (SSSR count). The first kappa shape index (κ1) is 17.4. The molecule has 1 unspecified atom stereocenters. The van der Waals surface area contributed by atoms with Crippen LogP contribution < -0.4 is 0 Å². The number of benzene rings is 2. The molecule has 2 aromatic rings. The highest BCUT2D eigenvalue weighted by atomic mass is 79.9. The summed E-state index contributed by atoms with van der Waals surface area (Å²) in [5, 5.41) is 0. The molecule has 1 nitrogen and oxygen atoms in total. The van der Waals surface area contributed by atoms with Crippen LogP contribution in [0.25, 0.3) is 0 Å². The van der Waals surface area contributed by atoms with Gasteiger partial charge in [-0.25, -0.2) is 0 Å². The number of carbonyl (C=O) groups is 1. The summed E-state index contributed by atoms with van der Waals surface area (Å²) in [7, 11) is 0. The Morgan fingerprint density at radius 1 is 0.909 bits per heavy atom. The molecule has 0 aliphatic heterocycles. The minimum absolute atomic E-state index is 0.116. The third-order valence-corrected chi connectivity index (χ3v) is 4.74. The fourth-order valence-electron chi connectivity index (χ4n) is 2.44. The van der Waals surface area contributed by atoms with Crippen LogP contribution in [0.4, 0.5) is 0 Å². The Morgan fingerprint density at radius 3 is 1.82 bits per heavy atom. The summed E-state index contributed by atoms with van der Waals surface area (Å²) in [5.41, 5.74) is 1.90. The summed E-state index contributed by atoms with van der Waals surface area (Å²) in [6.45, 7) is 5.97. The summed E-state index contributed by atoms with van der Waals surface area (Å²) in [6.07, 6.45) is 0.727. The summed E-state index contributed by atoms with van der Waals surface area (Å²) < 4.78 is 2.08. The molecule has 0 saturated carbocycles. The highest BCUT2D eigenvalue weighted by molar-refractivity contribution is 9.10. The fraction of sp³-hybridized carbons (Fsp3) is 0.316. The minimum Gasteiger partial charge on any atom is -0.298 e. The van der Waals surface area contributed by atoms with Crippen molar-refractivity contribution in [3.05, 3.63) is 68.6 Å². The van der Waals surface area contributed by atoms with Gasteiger partial charge < -0.3 is 0 Å². The summed E-state index contributed by atoms with van der Waals surface area (Å²) in [6, 6.07) is 16.3. The number of carbonyl (C=O) groups excluding carboxylic acids is 1. The summed E-state index contributed by atoms with van der Waals surface area (Å²) >= 11 is 6.91. The van der Waals surface area contributed by atoms with E-state index >= 15 is 0 Å². The maximum atomic E-state index is 12.9. The zero-order chi connectivity index (χ0) is 16.3. The molecule has 0 saturated heterocycles. The van der Waals surface area contributed by atoms with Crippen molar-refractivity contribution in [1.82, 2.24) is 0 Å². The van der Waals surface area contributed by atoms with Gasteiger partial charge in [0.05, 0.1) is 0 Å². The van der Waals surface area contributed by atoms with Crippen molar-refractivity contribution in [1.29, 1.82) is 0 Å². The Balaban J connectivity index is 2.35. The maximum Gasteiger partial charge on any atom is 0.145 e. The molecule has 0 radical (unpaired) electrons. The Kier molecular flexibility index (Phi) is 5.62. The number of hydrogen-bond acceptors (Lipinski definition) is 1. The average molecular weight is 424 g/mol. The molecular weight excluding hydrogens is 404 g/mol. The summed E-state index contributed by atoms with van der Waals surface area (Å²) in [5.74, 6) is 0.159. The second-order valence-electron chi connectivity index (χ2n) is 6.55. The second kappa shape index (κ2) is 7.10. The molecule has 0 aromatic heterocycles. The van der Waals surface area contributed by atoms with Gasteiger partial charge in [0, 0.05) is 20.3 Å². The van der Waals surface area contributed by atoms with Crippen LogP contribution in [-0.2, 0) is 11.2 Å². The lowest BCUT2D eigenvalue weighted by Crippen LogP contribution is -2.28. The number of rotatable bonds is 4. The average Bonchev–Trinajstić information content (AvgIpc) is 2.46. The smallest absolute Gasteiger partial charge is 0.145 e. The topological polar surface area (TPSA) is 17.1 Å². The van der Waals surface area contributed by atoms with E-state index in [4.69, 9.17) is 0 Å². The van der Waals surface area contributed by atoms with Crippen LogP contribution in [0, 0.1) is 5.41 Å². The number of Topliss-reactive ketones (excluding diaryl/α,β-unsaturated/α-hetero) is 1. The van der Waals surface area contributed by atoms with Crippen molar-refractivity contribution in [2.75, 3.05) is 0 Å². The lowest BCUT2D eigenvalue weighted by atomic mass is 9.77. The molecule has 0 amide bonds. The van der Waals surface area contributed by atoms with E-state index in [0.29, 0.717) is 0 Å². The van der Waals surface area contributed by atoms with Gasteiger partial charge in [-0.05, 0) is 41.8 Å². The normalized spacial score (nSPS) is 13.0. The van der Waals surface area contributed by atoms with Crippen molar-refractivity contribution in [3.8, 4) is 0 Å². The fourth-order valence-corrected chi connectivity index (χ4v) is 2.96. The van der Waals surface area contributed by atoms with E-state index in [0.717, 1.165) is 20.9 Å². The van der Waals surface area contributed by atoms with Gasteiger partial charge in [-0.1, -0.05) is 76.9 Å². The first-order valence-corrected chi connectivity index (χ1v) is 8.90. The molecule has 1 atom stereocenters. The van der Waals surface area contributed by atoms with Crippen molar-refractivity contribution >= 4 is 37.6 Å². The molecule has 2 aromatic carbocycles. The number of hydrogen-bond donors (Lipinski definition) is 0. The van der Waals surface area contributed by atoms with Crippen molar-refractivity contribution < 1.29 is 4.79 Å². The standard InChI is InChI=1S/C19H20Br2O/c1-19(2,3)18(22)17(14-6-10-16(21)11-7-14)12-13-4-8-15(20)9-5-13/h4-11,17H,12H2,1-3H3. The second-order valence-corrected chi connectivity index (χ2v) is 8.38. The molecule has 3 heteroatoms. The maximum absolute atomic E-state index is 12.9. The highest BCUT2D eigenvalue weighted by Crippen LogP contribution is 2.31. The molecule has 0 spiro atoms. The van der Waals surface area contributed by atoms with E-state index in [9.17, 15) is 4.79 Å². The summed E-state index contributed by atoms with van der Waals surface area (Å²) in [4.78, 5) is 12.9. The minimum atomic E-state index is -0.354. The van der Waals surface area contributed by atoms with Gasteiger partial charge in [-0.3, -0.25) is 4.79 Å². The molecular formula is C19H20Br2O. The highest BCUT2D eigenvalue weighted by Gasteiger charge is 2.30. The van der Waals surface area contributed by atoms with Gasteiger partial charge >= 0.3 is 0 Å². The first-order chi connectivity index (χ1) is 10.3. The van der Waals surface area contributed by atoms with Crippen molar-refractivity contribution in [2.24, 2.45) is 5.41 Å². The molecule has 0 bridgehead atoms. The van der Waals surface area contributed by atoms with Crippen molar-refractivity contribution in [2.45, 2.75) is 33.1 Å². The molecule has 0 aliphatic carbocycles. The quantitative estimate of drug-likeness (QED) is 0.575. The van der Waals surface area contributed by atoms with Crippen LogP contribution in [0.2, 0.25) is 0 Å². The van der Waals surface area contributed by atoms with E-state index in [2.05, 4.69) is 44.0 Å².